The van der Waals surface area contributed by atoms with E-state index in [0.29, 0.717) is 37.0 Å². The summed E-state index contributed by atoms with van der Waals surface area (Å²) in [6, 6.07) is 15.6. The molecule has 1 atom stereocenters. The van der Waals surface area contributed by atoms with Gasteiger partial charge in [-0.1, -0.05) is 48.0 Å². The van der Waals surface area contributed by atoms with Gasteiger partial charge in [0.15, 0.2) is 0 Å². The lowest BCUT2D eigenvalue weighted by atomic mass is 10.0. The minimum Gasteiger partial charge on any atom is -0.496 e. The van der Waals surface area contributed by atoms with Gasteiger partial charge in [0.05, 0.1) is 38.0 Å². The number of nitrogens with zero attached hydrogens (tertiary/aromatic N) is 3. The fraction of sp³-hybridized carbons (Fsp3) is 0.407. The maximum Gasteiger partial charge on any atom is 0.258 e. The number of aryl methyl sites for hydroxylation is 1. The zero-order valence-electron chi connectivity index (χ0n) is 20.4. The summed E-state index contributed by atoms with van der Waals surface area (Å²) in [4.78, 5) is 17.9. The molecule has 1 saturated heterocycles. The van der Waals surface area contributed by atoms with Crippen LogP contribution in [0.5, 0.6) is 5.75 Å². The molecule has 0 unspecified atom stereocenters. The van der Waals surface area contributed by atoms with Crippen LogP contribution in [0.15, 0.2) is 53.1 Å². The third kappa shape index (κ3) is 4.94. The number of carbonyl (C=O) groups excluding carboxylic acids is 1. The third-order valence-electron chi connectivity index (χ3n) is 6.41. The number of rotatable bonds is 8. The van der Waals surface area contributed by atoms with Gasteiger partial charge < -0.3 is 23.8 Å². The van der Waals surface area contributed by atoms with Gasteiger partial charge in [0.25, 0.3) is 5.91 Å². The van der Waals surface area contributed by atoms with E-state index in [1.54, 1.807) is 7.11 Å². The van der Waals surface area contributed by atoms with Crippen molar-refractivity contribution in [3.05, 3.63) is 65.2 Å². The standard InChI is InChI=1S/C27H33N3O4/c1-5-20(3)30(26(31)22-11-6-7-12-24(22)32-4)18-23-25(21-10-8-9-19(2)17-21)28-34-27(23)29-13-15-33-16-14-29/h6-12,17,20H,5,13-16,18H2,1-4H3/t20-/m0/s1. The summed E-state index contributed by atoms with van der Waals surface area (Å²) in [5, 5.41) is 4.49. The normalized spacial score (nSPS) is 14.6. The molecule has 180 valence electrons. The summed E-state index contributed by atoms with van der Waals surface area (Å²) in [5.74, 6) is 1.20. The van der Waals surface area contributed by atoms with Crippen LogP contribution < -0.4 is 9.64 Å². The van der Waals surface area contributed by atoms with Gasteiger partial charge in [0.2, 0.25) is 5.88 Å². The van der Waals surface area contributed by atoms with Gasteiger partial charge in [0.1, 0.15) is 11.4 Å². The Morgan fingerprint density at radius 3 is 2.65 bits per heavy atom. The van der Waals surface area contributed by atoms with Crippen molar-refractivity contribution < 1.29 is 18.8 Å². The topological polar surface area (TPSA) is 68.0 Å². The quantitative estimate of drug-likeness (QED) is 0.472. The smallest absolute Gasteiger partial charge is 0.258 e. The Labute approximate surface area is 201 Å². The van der Waals surface area contributed by atoms with Gasteiger partial charge in [-0.15, -0.1) is 0 Å². The van der Waals surface area contributed by atoms with Gasteiger partial charge in [0, 0.05) is 24.7 Å². The van der Waals surface area contributed by atoms with Gasteiger partial charge in [-0.05, 0) is 38.5 Å². The fourth-order valence-electron chi connectivity index (χ4n) is 4.27. The van der Waals surface area contributed by atoms with E-state index in [0.717, 1.165) is 41.9 Å². The van der Waals surface area contributed by atoms with Crippen LogP contribution in [0.25, 0.3) is 11.3 Å². The van der Waals surface area contributed by atoms with Gasteiger partial charge in [-0.3, -0.25) is 4.79 Å². The molecule has 0 bridgehead atoms. The highest BCUT2D eigenvalue weighted by molar-refractivity contribution is 5.97. The van der Waals surface area contributed by atoms with Gasteiger partial charge >= 0.3 is 0 Å². The average molecular weight is 464 g/mol. The van der Waals surface area contributed by atoms with Crippen LogP contribution in [0.1, 0.15) is 41.8 Å². The molecule has 1 aliphatic heterocycles. The summed E-state index contributed by atoms with van der Waals surface area (Å²) in [5.41, 5.74) is 4.35. The Kier molecular flexibility index (Phi) is 7.53. The highest BCUT2D eigenvalue weighted by Gasteiger charge is 2.30. The highest BCUT2D eigenvalue weighted by atomic mass is 16.5. The summed E-state index contributed by atoms with van der Waals surface area (Å²) in [6.07, 6.45) is 0.818. The lowest BCUT2D eigenvalue weighted by molar-refractivity contribution is 0.0668. The van der Waals surface area contributed by atoms with Crippen molar-refractivity contribution in [2.45, 2.75) is 39.8 Å². The number of hydrogen-bond acceptors (Lipinski definition) is 6. The first-order chi connectivity index (χ1) is 16.5. The Morgan fingerprint density at radius 1 is 1.18 bits per heavy atom. The summed E-state index contributed by atoms with van der Waals surface area (Å²) >= 11 is 0. The molecule has 2 aromatic carbocycles. The number of aromatic nitrogens is 1. The Balaban J connectivity index is 1.78. The molecule has 0 aliphatic carbocycles. The van der Waals surface area contributed by atoms with Crippen molar-refractivity contribution in [3.8, 4) is 17.0 Å². The first-order valence-corrected chi connectivity index (χ1v) is 11.9. The van der Waals surface area contributed by atoms with Crippen LogP contribution in [-0.4, -0.2) is 55.4 Å². The number of methoxy groups -OCH3 is 1. The maximum atomic E-state index is 13.8. The molecule has 34 heavy (non-hydrogen) atoms. The number of anilines is 1. The fourth-order valence-corrected chi connectivity index (χ4v) is 4.27. The first-order valence-electron chi connectivity index (χ1n) is 11.9. The van der Waals surface area contributed by atoms with Crippen LogP contribution in [0, 0.1) is 6.92 Å². The van der Waals surface area contributed by atoms with Crippen LogP contribution in [0.4, 0.5) is 5.88 Å². The second kappa shape index (κ2) is 10.7. The Morgan fingerprint density at radius 2 is 1.94 bits per heavy atom. The van der Waals surface area contributed by atoms with E-state index in [1.165, 1.54) is 0 Å². The number of benzene rings is 2. The van der Waals surface area contributed by atoms with Crippen molar-refractivity contribution in [3.63, 3.8) is 0 Å². The van der Waals surface area contributed by atoms with E-state index in [1.807, 2.05) is 41.3 Å². The predicted octanol–water partition coefficient (Wildman–Crippen LogP) is 4.94. The lowest BCUT2D eigenvalue weighted by Crippen LogP contribution is -2.40. The van der Waals surface area contributed by atoms with E-state index in [9.17, 15) is 4.79 Å². The molecule has 7 nitrogen and oxygen atoms in total. The summed E-state index contributed by atoms with van der Waals surface area (Å²) in [7, 11) is 1.59. The monoisotopic (exact) mass is 463 g/mol. The molecule has 7 heteroatoms. The average Bonchev–Trinajstić information content (AvgIpc) is 3.30. The molecular weight excluding hydrogens is 430 g/mol. The Hall–Kier alpha value is -3.32. The number of carbonyl (C=O) groups is 1. The zero-order valence-corrected chi connectivity index (χ0v) is 20.4. The highest BCUT2D eigenvalue weighted by Crippen LogP contribution is 2.34. The molecule has 3 aromatic rings. The zero-order chi connectivity index (χ0) is 24.1. The summed E-state index contributed by atoms with van der Waals surface area (Å²) in [6.45, 7) is 9.31. The number of ether oxygens (including phenoxy) is 2. The van der Waals surface area contributed by atoms with Crippen molar-refractivity contribution in [2.75, 3.05) is 38.3 Å². The molecule has 2 heterocycles. The molecule has 1 aliphatic rings. The number of hydrogen-bond donors (Lipinski definition) is 0. The van der Waals surface area contributed by atoms with Crippen molar-refractivity contribution in [1.29, 1.82) is 0 Å². The molecule has 0 radical (unpaired) electrons. The minimum absolute atomic E-state index is 0.00945. The molecule has 0 N–H and O–H groups in total. The van der Waals surface area contributed by atoms with E-state index in [2.05, 4.69) is 43.0 Å². The van der Waals surface area contributed by atoms with Crippen LogP contribution >= 0.6 is 0 Å². The molecule has 0 saturated carbocycles. The largest absolute Gasteiger partial charge is 0.496 e. The molecule has 1 fully saturated rings. The van der Waals surface area contributed by atoms with Crippen molar-refractivity contribution in [2.24, 2.45) is 0 Å². The van der Waals surface area contributed by atoms with E-state index in [-0.39, 0.29) is 11.9 Å². The molecule has 1 amide bonds. The van der Waals surface area contributed by atoms with Crippen LogP contribution in [-0.2, 0) is 11.3 Å². The molecular formula is C27H33N3O4. The number of amides is 1. The molecule has 4 rings (SSSR count). The maximum absolute atomic E-state index is 13.8. The van der Waals surface area contributed by atoms with Crippen molar-refractivity contribution in [1.82, 2.24) is 10.1 Å². The molecule has 0 spiro atoms. The Bertz CT molecular complexity index is 1120. The molecule has 1 aromatic heterocycles. The van der Waals surface area contributed by atoms with E-state index < -0.39 is 0 Å². The van der Waals surface area contributed by atoms with E-state index in [4.69, 9.17) is 14.0 Å². The predicted molar refractivity (Wildman–Crippen MR) is 132 cm³/mol. The van der Waals surface area contributed by atoms with E-state index >= 15 is 0 Å². The number of morpholine rings is 1. The lowest BCUT2D eigenvalue weighted by Gasteiger charge is -2.31. The number of para-hydroxylation sites is 1. The second-order valence-corrected chi connectivity index (χ2v) is 8.67. The first kappa shape index (κ1) is 23.8. The van der Waals surface area contributed by atoms with Crippen molar-refractivity contribution >= 4 is 11.8 Å². The SMILES string of the molecule is CC[C@H](C)N(Cc1c(-c2cccc(C)c2)noc1N1CCOCC1)C(=O)c1ccccc1OC. The van der Waals surface area contributed by atoms with Crippen LogP contribution in [0.2, 0.25) is 0 Å². The van der Waals surface area contributed by atoms with Gasteiger partial charge in [-0.2, -0.15) is 0 Å². The van der Waals surface area contributed by atoms with Gasteiger partial charge in [-0.25, -0.2) is 0 Å². The minimum atomic E-state index is -0.0730. The van der Waals surface area contributed by atoms with Crippen LogP contribution in [0.3, 0.4) is 0 Å². The third-order valence-corrected chi connectivity index (χ3v) is 6.41. The summed E-state index contributed by atoms with van der Waals surface area (Å²) < 4.78 is 17.0. The second-order valence-electron chi connectivity index (χ2n) is 8.67.